The van der Waals surface area contributed by atoms with Crippen molar-refractivity contribution in [3.05, 3.63) is 0 Å². The van der Waals surface area contributed by atoms with E-state index in [1.54, 1.807) is 6.92 Å². The normalized spacial score (nSPS) is 12.3. The summed E-state index contributed by atoms with van der Waals surface area (Å²) in [5.74, 6) is -0.920. The number of halogens is 1. The lowest BCUT2D eigenvalue weighted by Gasteiger charge is -2.15. The molecule has 0 aromatic rings. The van der Waals surface area contributed by atoms with Gasteiger partial charge in [-0.2, -0.15) is 0 Å². The highest BCUT2D eigenvalue weighted by Crippen LogP contribution is 2.06. The molecule has 3 N–H and O–H groups in total. The Bertz CT molecular complexity index is 195. The summed E-state index contributed by atoms with van der Waals surface area (Å²) < 4.78 is 4.76. The van der Waals surface area contributed by atoms with Crippen LogP contribution < -0.4 is 5.73 Å². The predicted octanol–water partition coefficient (Wildman–Crippen LogP) is 1.44. The van der Waals surface area contributed by atoms with Crippen molar-refractivity contribution in [1.82, 2.24) is 0 Å². The molecule has 0 spiro atoms. The van der Waals surface area contributed by atoms with Crippen LogP contribution in [0.4, 0.5) is 0 Å². The van der Waals surface area contributed by atoms with E-state index in [9.17, 15) is 4.79 Å². The van der Waals surface area contributed by atoms with E-state index < -0.39 is 12.0 Å². The maximum atomic E-state index is 11.0. The van der Waals surface area contributed by atoms with Crippen molar-refractivity contribution in [2.24, 2.45) is 11.7 Å². The van der Waals surface area contributed by atoms with E-state index in [0.29, 0.717) is 6.61 Å². The Morgan fingerprint density at radius 2 is 1.75 bits per heavy atom. The maximum absolute atomic E-state index is 11.0. The first-order valence-electron chi connectivity index (χ1n) is 4.98. The van der Waals surface area contributed by atoms with E-state index in [1.807, 2.05) is 13.8 Å². The number of carboxylic acid groups (broad SMARTS) is 1. The van der Waals surface area contributed by atoms with Gasteiger partial charge in [0.25, 0.3) is 5.97 Å². The van der Waals surface area contributed by atoms with Crippen LogP contribution in [0.2, 0.25) is 0 Å². The van der Waals surface area contributed by atoms with Crippen LogP contribution in [0.5, 0.6) is 0 Å². The molecule has 0 aliphatic heterocycles. The number of carboxylic acids is 1. The van der Waals surface area contributed by atoms with Crippen molar-refractivity contribution < 1.29 is 19.4 Å². The predicted molar refractivity (Wildman–Crippen MR) is 64.6 cm³/mol. The van der Waals surface area contributed by atoms with Gasteiger partial charge in [-0.05, 0) is 12.8 Å². The summed E-state index contributed by atoms with van der Waals surface area (Å²) in [5, 5.41) is 7.42. The smallest absolute Gasteiger partial charge is 0.323 e. The van der Waals surface area contributed by atoms with Crippen LogP contribution in [0.25, 0.3) is 0 Å². The van der Waals surface area contributed by atoms with Crippen LogP contribution >= 0.6 is 12.4 Å². The van der Waals surface area contributed by atoms with Gasteiger partial charge >= 0.3 is 5.97 Å². The van der Waals surface area contributed by atoms with Crippen molar-refractivity contribution in [2.45, 2.75) is 40.2 Å². The molecule has 0 rings (SSSR count). The Labute approximate surface area is 103 Å². The molecule has 0 aliphatic rings. The number of hydrogen-bond acceptors (Lipinski definition) is 4. The highest BCUT2D eigenvalue weighted by Gasteiger charge is 2.19. The summed E-state index contributed by atoms with van der Waals surface area (Å²) >= 11 is 0. The molecule has 0 saturated carbocycles. The van der Waals surface area contributed by atoms with Gasteiger partial charge in [-0.25, -0.2) is 0 Å². The van der Waals surface area contributed by atoms with Crippen LogP contribution in [0.15, 0.2) is 0 Å². The zero-order chi connectivity index (χ0) is 12.4. The minimum Gasteiger partial charge on any atom is -0.481 e. The van der Waals surface area contributed by atoms with E-state index in [0.717, 1.165) is 13.3 Å². The molecule has 16 heavy (non-hydrogen) atoms. The number of aliphatic carboxylic acids is 1. The van der Waals surface area contributed by atoms with Gasteiger partial charge in [0.15, 0.2) is 0 Å². The third-order valence-electron chi connectivity index (χ3n) is 1.82. The molecule has 0 amide bonds. The summed E-state index contributed by atoms with van der Waals surface area (Å²) in [7, 11) is 0. The van der Waals surface area contributed by atoms with E-state index >= 15 is 0 Å². The molecule has 0 unspecified atom stereocenters. The fourth-order valence-corrected chi connectivity index (χ4v) is 0.725. The van der Waals surface area contributed by atoms with Gasteiger partial charge in [0.05, 0.1) is 6.61 Å². The average molecular weight is 256 g/mol. The molecule has 0 fully saturated rings. The van der Waals surface area contributed by atoms with E-state index in [4.69, 9.17) is 20.4 Å². The fraction of sp³-hybridized carbons (Fsp3) is 0.800. The van der Waals surface area contributed by atoms with Gasteiger partial charge in [-0.1, -0.05) is 20.3 Å². The van der Waals surface area contributed by atoms with Gasteiger partial charge in [-0.15, -0.1) is 12.4 Å². The first-order valence-corrected chi connectivity index (χ1v) is 4.98. The van der Waals surface area contributed by atoms with Crippen molar-refractivity contribution in [1.29, 1.82) is 0 Å². The lowest BCUT2D eigenvalue weighted by Crippen LogP contribution is -2.37. The standard InChI is InChI=1S/C8H17NO2.C2H4O2.ClH/c1-4-6(3)7(9)8(10)11-5-2;1-2(3)4;/h6-7H,4-5,9H2,1-3H3;1H3,(H,3,4);1H/t6-,7-;;/m0../s1. The number of hydrogen-bond donors (Lipinski definition) is 2. The highest BCUT2D eigenvalue weighted by molar-refractivity contribution is 5.85. The second-order valence-corrected chi connectivity index (χ2v) is 3.18. The Morgan fingerprint density at radius 1 is 1.38 bits per heavy atom. The molecule has 2 atom stereocenters. The molecule has 0 aromatic heterocycles. The van der Waals surface area contributed by atoms with Crippen LogP contribution in [0.3, 0.4) is 0 Å². The molecular formula is C10H22ClNO4. The highest BCUT2D eigenvalue weighted by atomic mass is 35.5. The zero-order valence-electron chi connectivity index (χ0n) is 10.2. The van der Waals surface area contributed by atoms with E-state index in [-0.39, 0.29) is 24.3 Å². The summed E-state index contributed by atoms with van der Waals surface area (Å²) in [6.45, 7) is 7.22. The molecule has 5 nitrogen and oxygen atoms in total. The monoisotopic (exact) mass is 255 g/mol. The van der Waals surface area contributed by atoms with Crippen LogP contribution in [0.1, 0.15) is 34.1 Å². The third-order valence-corrected chi connectivity index (χ3v) is 1.82. The second-order valence-electron chi connectivity index (χ2n) is 3.18. The number of ether oxygens (including phenoxy) is 1. The number of carbonyl (C=O) groups is 2. The van der Waals surface area contributed by atoms with Crippen molar-refractivity contribution in [2.75, 3.05) is 6.61 Å². The van der Waals surface area contributed by atoms with Crippen molar-refractivity contribution in [3.8, 4) is 0 Å². The Kier molecular flexibility index (Phi) is 15.8. The first kappa shape index (κ1) is 20.6. The van der Waals surface area contributed by atoms with Gasteiger partial charge in [0.2, 0.25) is 0 Å². The molecule has 0 saturated heterocycles. The van der Waals surface area contributed by atoms with E-state index in [2.05, 4.69) is 0 Å². The van der Waals surface area contributed by atoms with Gasteiger partial charge in [0.1, 0.15) is 6.04 Å². The van der Waals surface area contributed by atoms with Crippen molar-refractivity contribution >= 4 is 24.3 Å². The molecular weight excluding hydrogens is 234 g/mol. The lowest BCUT2D eigenvalue weighted by molar-refractivity contribution is -0.146. The SMILES string of the molecule is CC(=O)O.CCOC(=O)[C@@H](N)[C@@H](C)CC.Cl. The topological polar surface area (TPSA) is 89.6 Å². The van der Waals surface area contributed by atoms with Crippen LogP contribution in [0, 0.1) is 5.92 Å². The van der Waals surface area contributed by atoms with Crippen LogP contribution in [-0.4, -0.2) is 29.7 Å². The zero-order valence-corrected chi connectivity index (χ0v) is 11.0. The maximum Gasteiger partial charge on any atom is 0.323 e. The van der Waals surface area contributed by atoms with Gasteiger partial charge in [-0.3, -0.25) is 9.59 Å². The number of rotatable bonds is 4. The lowest BCUT2D eigenvalue weighted by atomic mass is 10.0. The summed E-state index contributed by atoms with van der Waals surface area (Å²) in [6, 6.07) is -0.458. The molecule has 0 bridgehead atoms. The summed E-state index contributed by atoms with van der Waals surface area (Å²) in [4.78, 5) is 20.0. The fourth-order valence-electron chi connectivity index (χ4n) is 0.725. The molecule has 0 radical (unpaired) electrons. The second kappa shape index (κ2) is 12.3. The molecule has 0 aromatic carbocycles. The van der Waals surface area contributed by atoms with Crippen LogP contribution in [-0.2, 0) is 14.3 Å². The molecule has 0 heterocycles. The summed E-state index contributed by atoms with van der Waals surface area (Å²) in [6.07, 6.45) is 0.903. The molecule has 6 heteroatoms. The Balaban J connectivity index is -0.000000292. The third kappa shape index (κ3) is 13.2. The minimum absolute atomic E-state index is 0. The Hall–Kier alpha value is -0.810. The Morgan fingerprint density at radius 3 is 2.00 bits per heavy atom. The van der Waals surface area contributed by atoms with Crippen molar-refractivity contribution in [3.63, 3.8) is 0 Å². The van der Waals surface area contributed by atoms with Gasteiger partial charge < -0.3 is 15.6 Å². The number of esters is 1. The van der Waals surface area contributed by atoms with E-state index in [1.165, 1.54) is 0 Å². The van der Waals surface area contributed by atoms with Gasteiger partial charge in [0, 0.05) is 6.92 Å². The number of carbonyl (C=O) groups excluding carboxylic acids is 1. The average Bonchev–Trinajstić information content (AvgIpc) is 2.15. The summed E-state index contributed by atoms with van der Waals surface area (Å²) in [5.41, 5.74) is 5.58. The quantitative estimate of drug-likeness (QED) is 0.742. The first-order chi connectivity index (χ1) is 6.86. The molecule has 98 valence electrons. The largest absolute Gasteiger partial charge is 0.481 e. The minimum atomic E-state index is -0.833. The number of nitrogens with two attached hydrogens (primary N) is 1. The molecule has 0 aliphatic carbocycles.